The molecule has 2 heterocycles. The molecule has 1 aromatic heterocycles. The molecule has 4 nitrogen and oxygen atoms in total. The molecule has 0 unspecified atom stereocenters. The Balaban J connectivity index is 1.82. The summed E-state index contributed by atoms with van der Waals surface area (Å²) < 4.78 is 31.6. The average molecular weight is 311 g/mol. The minimum Gasteiger partial charge on any atom is -0.427 e. The van der Waals surface area contributed by atoms with Gasteiger partial charge in [0.15, 0.2) is 0 Å². The van der Waals surface area contributed by atoms with E-state index in [1.807, 2.05) is 0 Å². The number of nitrogens with zero attached hydrogens (tertiary/aromatic N) is 1. The average Bonchev–Trinajstić information content (AvgIpc) is 2.35. The molecule has 2 fully saturated rings. The highest BCUT2D eigenvalue weighted by atomic mass is 19.3. The Hall–Kier alpha value is -1.72. The molecule has 2 aliphatic rings. The number of aryl methyl sites for hydroxylation is 1. The van der Waals surface area contributed by atoms with E-state index < -0.39 is 17.5 Å². The van der Waals surface area contributed by atoms with Crippen molar-refractivity contribution in [2.24, 2.45) is 0 Å². The van der Waals surface area contributed by atoms with Crippen LogP contribution in [0.15, 0.2) is 15.3 Å². The summed E-state index contributed by atoms with van der Waals surface area (Å²) in [6, 6.07) is 1.75. The molecule has 0 spiro atoms. The molecule has 0 N–H and O–H groups in total. The summed E-state index contributed by atoms with van der Waals surface area (Å²) in [5, 5.41) is 0. The lowest BCUT2D eigenvalue weighted by molar-refractivity contribution is -0.0494. The highest BCUT2D eigenvalue weighted by molar-refractivity contribution is 5.95. The maximum Gasteiger partial charge on any atom is 0.349 e. The normalized spacial score (nSPS) is 21.5. The van der Waals surface area contributed by atoms with Crippen molar-refractivity contribution in [3.63, 3.8) is 0 Å². The number of piperidine rings is 1. The Kier molecular flexibility index (Phi) is 3.78. The predicted octanol–water partition coefficient (Wildman–Crippen LogP) is 3.09. The molecule has 0 aromatic carbocycles. The van der Waals surface area contributed by atoms with E-state index in [-0.39, 0.29) is 37.4 Å². The van der Waals surface area contributed by atoms with E-state index in [1.165, 1.54) is 4.90 Å². The number of carbonyl (C=O) groups excluding carboxylic acids is 1. The Labute approximate surface area is 127 Å². The fourth-order valence-electron chi connectivity index (χ4n) is 2.98. The van der Waals surface area contributed by atoms with Gasteiger partial charge >= 0.3 is 5.63 Å². The molecule has 1 aromatic rings. The van der Waals surface area contributed by atoms with Gasteiger partial charge in [0.1, 0.15) is 11.3 Å². The SMILES string of the molecule is Cc1cc(C2CCC2)oc(=O)c1C(=O)N1CCC(F)(F)CC1. The van der Waals surface area contributed by atoms with Gasteiger partial charge in [0.25, 0.3) is 11.8 Å². The van der Waals surface area contributed by atoms with Gasteiger partial charge in [0, 0.05) is 31.8 Å². The Morgan fingerprint density at radius 2 is 1.95 bits per heavy atom. The van der Waals surface area contributed by atoms with Gasteiger partial charge in [-0.2, -0.15) is 0 Å². The molecule has 1 amide bonds. The minimum atomic E-state index is -2.72. The van der Waals surface area contributed by atoms with Crippen molar-refractivity contribution in [2.45, 2.75) is 50.9 Å². The van der Waals surface area contributed by atoms with Crippen molar-refractivity contribution < 1.29 is 18.0 Å². The number of carbonyl (C=O) groups is 1. The highest BCUT2D eigenvalue weighted by Gasteiger charge is 2.37. The second-order valence-electron chi connectivity index (χ2n) is 6.27. The third-order valence-electron chi connectivity index (χ3n) is 4.67. The van der Waals surface area contributed by atoms with Crippen LogP contribution >= 0.6 is 0 Å². The maximum absolute atomic E-state index is 13.2. The maximum atomic E-state index is 13.2. The smallest absolute Gasteiger partial charge is 0.349 e. The van der Waals surface area contributed by atoms with Crippen LogP contribution in [-0.2, 0) is 0 Å². The lowest BCUT2D eigenvalue weighted by atomic mass is 9.83. The van der Waals surface area contributed by atoms with Crippen LogP contribution in [-0.4, -0.2) is 29.8 Å². The number of rotatable bonds is 2. The van der Waals surface area contributed by atoms with E-state index in [1.54, 1.807) is 13.0 Å². The van der Waals surface area contributed by atoms with Gasteiger partial charge in [-0.1, -0.05) is 6.42 Å². The quantitative estimate of drug-likeness (QED) is 0.843. The summed E-state index contributed by atoms with van der Waals surface area (Å²) in [6.45, 7) is 1.63. The number of halogens is 2. The zero-order valence-electron chi connectivity index (χ0n) is 12.5. The first-order chi connectivity index (χ1) is 10.4. The number of hydrogen-bond acceptors (Lipinski definition) is 3. The summed E-state index contributed by atoms with van der Waals surface area (Å²) in [7, 11) is 0. The molecule has 1 saturated carbocycles. The number of likely N-dealkylation sites (tertiary alicyclic amines) is 1. The molecule has 1 saturated heterocycles. The first-order valence-electron chi connectivity index (χ1n) is 7.69. The second-order valence-corrected chi connectivity index (χ2v) is 6.27. The molecule has 0 bridgehead atoms. The Bertz CT molecular complexity index is 639. The molecule has 6 heteroatoms. The van der Waals surface area contributed by atoms with E-state index in [0.29, 0.717) is 11.3 Å². The topological polar surface area (TPSA) is 50.5 Å². The molecule has 0 atom stereocenters. The third-order valence-corrected chi connectivity index (χ3v) is 4.67. The number of alkyl halides is 2. The molecule has 22 heavy (non-hydrogen) atoms. The zero-order chi connectivity index (χ0) is 15.9. The second kappa shape index (κ2) is 5.48. The van der Waals surface area contributed by atoms with E-state index >= 15 is 0 Å². The monoisotopic (exact) mass is 311 g/mol. The van der Waals surface area contributed by atoms with Gasteiger partial charge in [-0.3, -0.25) is 4.79 Å². The van der Waals surface area contributed by atoms with Crippen LogP contribution in [0.3, 0.4) is 0 Å². The van der Waals surface area contributed by atoms with Crippen LogP contribution in [0.5, 0.6) is 0 Å². The van der Waals surface area contributed by atoms with Crippen LogP contribution in [0.4, 0.5) is 8.78 Å². The molecule has 1 aliphatic carbocycles. The van der Waals surface area contributed by atoms with Crippen LogP contribution in [0.2, 0.25) is 0 Å². The largest absolute Gasteiger partial charge is 0.427 e. The van der Waals surface area contributed by atoms with E-state index in [2.05, 4.69) is 0 Å². The first-order valence-corrected chi connectivity index (χ1v) is 7.69. The van der Waals surface area contributed by atoms with Gasteiger partial charge in [0.2, 0.25) is 0 Å². The fraction of sp³-hybridized carbons (Fsp3) is 0.625. The summed E-state index contributed by atoms with van der Waals surface area (Å²) in [5.41, 5.74) is -0.0991. The lowest BCUT2D eigenvalue weighted by Gasteiger charge is -2.32. The molecule has 3 rings (SSSR count). The zero-order valence-corrected chi connectivity index (χ0v) is 12.5. The van der Waals surface area contributed by atoms with Crippen molar-refractivity contribution in [3.8, 4) is 0 Å². The summed E-state index contributed by atoms with van der Waals surface area (Å²) in [5.74, 6) is -2.31. The number of amides is 1. The van der Waals surface area contributed by atoms with Crippen molar-refractivity contribution in [1.29, 1.82) is 0 Å². The Morgan fingerprint density at radius 3 is 2.45 bits per heavy atom. The first kappa shape index (κ1) is 15.2. The lowest BCUT2D eigenvalue weighted by Crippen LogP contribution is -2.44. The van der Waals surface area contributed by atoms with Gasteiger partial charge in [0.05, 0.1) is 0 Å². The molecular formula is C16H19F2NO3. The fourth-order valence-corrected chi connectivity index (χ4v) is 2.98. The van der Waals surface area contributed by atoms with Crippen LogP contribution in [0, 0.1) is 6.92 Å². The number of hydrogen-bond donors (Lipinski definition) is 0. The van der Waals surface area contributed by atoms with Gasteiger partial charge < -0.3 is 9.32 Å². The third kappa shape index (κ3) is 2.78. The van der Waals surface area contributed by atoms with E-state index in [0.717, 1.165) is 19.3 Å². The summed E-state index contributed by atoms with van der Waals surface area (Å²) in [4.78, 5) is 25.9. The molecule has 1 aliphatic heterocycles. The van der Waals surface area contributed by atoms with Crippen molar-refractivity contribution in [1.82, 2.24) is 4.90 Å². The van der Waals surface area contributed by atoms with E-state index in [4.69, 9.17) is 4.42 Å². The van der Waals surface area contributed by atoms with Crippen LogP contribution in [0.25, 0.3) is 0 Å². The molecule has 0 radical (unpaired) electrons. The van der Waals surface area contributed by atoms with Crippen molar-refractivity contribution in [2.75, 3.05) is 13.1 Å². The molecular weight excluding hydrogens is 292 g/mol. The van der Waals surface area contributed by atoms with Crippen LogP contribution < -0.4 is 5.63 Å². The van der Waals surface area contributed by atoms with Gasteiger partial charge in [-0.05, 0) is 31.4 Å². The van der Waals surface area contributed by atoms with Gasteiger partial charge in [-0.15, -0.1) is 0 Å². The van der Waals surface area contributed by atoms with Crippen molar-refractivity contribution >= 4 is 5.91 Å². The van der Waals surface area contributed by atoms with Gasteiger partial charge in [-0.25, -0.2) is 13.6 Å². The van der Waals surface area contributed by atoms with Crippen molar-refractivity contribution in [3.05, 3.63) is 33.4 Å². The predicted molar refractivity (Wildman–Crippen MR) is 76.4 cm³/mol. The van der Waals surface area contributed by atoms with Crippen LogP contribution in [0.1, 0.15) is 59.7 Å². The highest BCUT2D eigenvalue weighted by Crippen LogP contribution is 2.36. The summed E-state index contributed by atoms with van der Waals surface area (Å²) in [6.07, 6.45) is 2.40. The standard InChI is InChI=1S/C16H19F2NO3/c1-10-9-12(11-3-2-4-11)22-15(21)13(10)14(20)19-7-5-16(17,18)6-8-19/h9,11H,2-8H2,1H3. The summed E-state index contributed by atoms with van der Waals surface area (Å²) >= 11 is 0. The minimum absolute atomic E-state index is 0.0201. The molecule has 120 valence electrons. The van der Waals surface area contributed by atoms with E-state index in [9.17, 15) is 18.4 Å². The Morgan fingerprint density at radius 1 is 1.32 bits per heavy atom.